The van der Waals surface area contributed by atoms with Gasteiger partial charge in [-0.25, -0.2) is 9.36 Å². The zero-order chi connectivity index (χ0) is 14.2. The molecule has 0 radical (unpaired) electrons. The molecule has 2 heterocycles. The van der Waals surface area contributed by atoms with E-state index >= 15 is 0 Å². The summed E-state index contributed by atoms with van der Waals surface area (Å²) in [6.45, 7) is 7.49. The normalized spacial score (nSPS) is 11.9. The molecule has 100 valence electrons. The molecule has 0 amide bonds. The van der Waals surface area contributed by atoms with Gasteiger partial charge in [0.2, 0.25) is 11.9 Å². The minimum absolute atomic E-state index is 0.0318. The minimum Gasteiger partial charge on any atom is -0.368 e. The van der Waals surface area contributed by atoms with Crippen molar-refractivity contribution >= 4 is 11.9 Å². The van der Waals surface area contributed by atoms with Crippen LogP contribution in [-0.2, 0) is 0 Å². The molecule has 0 saturated heterocycles. The van der Waals surface area contributed by atoms with E-state index in [-0.39, 0.29) is 11.9 Å². The van der Waals surface area contributed by atoms with Crippen LogP contribution in [0.2, 0.25) is 0 Å². The Hall–Kier alpha value is -2.44. The summed E-state index contributed by atoms with van der Waals surface area (Å²) in [7, 11) is 0. The summed E-state index contributed by atoms with van der Waals surface area (Å²) in [4.78, 5) is 4.04. The number of nitrogens with zero attached hydrogens (tertiary/aromatic N) is 5. The van der Waals surface area contributed by atoms with Gasteiger partial charge in [0, 0.05) is 11.4 Å². The Balaban J connectivity index is 2.33. The Morgan fingerprint density at radius 2 is 1.53 bits per heavy atom. The molecule has 0 aliphatic carbocycles. The Labute approximate surface area is 111 Å². The first-order valence-corrected chi connectivity index (χ1v) is 5.88. The van der Waals surface area contributed by atoms with Crippen molar-refractivity contribution in [3.8, 4) is 0 Å². The molecule has 2 aromatic rings. The molecule has 0 spiro atoms. The van der Waals surface area contributed by atoms with E-state index in [0.717, 1.165) is 22.8 Å². The van der Waals surface area contributed by atoms with Crippen LogP contribution in [0.1, 0.15) is 22.8 Å². The molecular formula is C12H17N7. The maximum absolute atomic E-state index is 7.93. The zero-order valence-corrected chi connectivity index (χ0v) is 11.5. The number of hydrogen-bond donors (Lipinski definition) is 2. The highest BCUT2D eigenvalue weighted by Crippen LogP contribution is 2.03. The molecule has 7 nitrogen and oxygen atoms in total. The van der Waals surface area contributed by atoms with Crippen LogP contribution in [-0.4, -0.2) is 31.5 Å². The van der Waals surface area contributed by atoms with Crippen LogP contribution in [0, 0.1) is 33.1 Å². The third-order valence-corrected chi connectivity index (χ3v) is 2.66. The van der Waals surface area contributed by atoms with E-state index in [0.29, 0.717) is 0 Å². The molecule has 0 saturated carbocycles. The Morgan fingerprint density at radius 1 is 1.05 bits per heavy atom. The fraction of sp³-hybridized carbons (Fsp3) is 0.333. The van der Waals surface area contributed by atoms with Gasteiger partial charge in [-0.3, -0.25) is 5.41 Å². The molecule has 0 aliphatic rings. The van der Waals surface area contributed by atoms with Crippen LogP contribution in [0.3, 0.4) is 0 Å². The lowest BCUT2D eigenvalue weighted by atomic mass is 10.4. The van der Waals surface area contributed by atoms with E-state index in [1.807, 2.05) is 39.8 Å². The van der Waals surface area contributed by atoms with E-state index in [1.165, 1.54) is 9.36 Å². The molecule has 7 heteroatoms. The van der Waals surface area contributed by atoms with Gasteiger partial charge in [0.25, 0.3) is 0 Å². The summed E-state index contributed by atoms with van der Waals surface area (Å²) >= 11 is 0. The van der Waals surface area contributed by atoms with Gasteiger partial charge in [-0.15, -0.1) is 0 Å². The first-order valence-electron chi connectivity index (χ1n) is 5.88. The van der Waals surface area contributed by atoms with Gasteiger partial charge in [-0.2, -0.15) is 15.2 Å². The second kappa shape index (κ2) is 4.68. The van der Waals surface area contributed by atoms with Crippen molar-refractivity contribution in [2.45, 2.75) is 27.7 Å². The summed E-state index contributed by atoms with van der Waals surface area (Å²) in [6, 6.07) is 3.78. The SMILES string of the molecule is Cc1cc(C)n(C(=N)/N=C(\N)n2nc(C)cc2C)n1. The average molecular weight is 259 g/mol. The lowest BCUT2D eigenvalue weighted by Gasteiger charge is -2.05. The number of nitrogens with one attached hydrogen (secondary N) is 1. The molecule has 2 aromatic heterocycles. The summed E-state index contributed by atoms with van der Waals surface area (Å²) in [6.07, 6.45) is 0. The van der Waals surface area contributed by atoms with Crippen LogP contribution in [0.15, 0.2) is 17.1 Å². The number of aromatic nitrogens is 4. The van der Waals surface area contributed by atoms with Gasteiger partial charge in [0.05, 0.1) is 11.4 Å². The molecule has 0 aromatic carbocycles. The molecule has 19 heavy (non-hydrogen) atoms. The topological polar surface area (TPSA) is 97.9 Å². The van der Waals surface area contributed by atoms with Crippen LogP contribution in [0.5, 0.6) is 0 Å². The maximum Gasteiger partial charge on any atom is 0.246 e. The van der Waals surface area contributed by atoms with Gasteiger partial charge >= 0.3 is 0 Å². The molecular weight excluding hydrogens is 242 g/mol. The van der Waals surface area contributed by atoms with Crippen molar-refractivity contribution in [3.63, 3.8) is 0 Å². The molecule has 0 fully saturated rings. The predicted octanol–water partition coefficient (Wildman–Crippen LogP) is 0.959. The van der Waals surface area contributed by atoms with Crippen LogP contribution in [0.25, 0.3) is 0 Å². The molecule has 2 rings (SSSR count). The fourth-order valence-electron chi connectivity index (χ4n) is 1.91. The van der Waals surface area contributed by atoms with Gasteiger partial charge in [0.1, 0.15) is 0 Å². The van der Waals surface area contributed by atoms with E-state index in [4.69, 9.17) is 11.1 Å². The number of aliphatic imine (C=N–C) groups is 1. The summed E-state index contributed by atoms with van der Waals surface area (Å²) in [5.41, 5.74) is 9.28. The maximum atomic E-state index is 7.93. The van der Waals surface area contributed by atoms with Crippen LogP contribution >= 0.6 is 0 Å². The highest BCUT2D eigenvalue weighted by Gasteiger charge is 2.09. The first kappa shape index (κ1) is 13.0. The standard InChI is InChI=1S/C12H17N7/c1-7-5-9(3)18(16-7)11(13)15-12(14)19-10(4)6-8(2)17-19/h5-6H,1-4H3,(H3,13,14,15). The molecule has 0 aliphatic heterocycles. The van der Waals surface area contributed by atoms with Crippen LogP contribution in [0.4, 0.5) is 0 Å². The third-order valence-electron chi connectivity index (χ3n) is 2.66. The number of nitrogens with two attached hydrogens (primary N) is 1. The van der Waals surface area contributed by atoms with Crippen molar-refractivity contribution < 1.29 is 0 Å². The fourth-order valence-corrected chi connectivity index (χ4v) is 1.91. The monoisotopic (exact) mass is 259 g/mol. The largest absolute Gasteiger partial charge is 0.368 e. The highest BCUT2D eigenvalue weighted by atomic mass is 15.4. The van der Waals surface area contributed by atoms with Crippen molar-refractivity contribution in [3.05, 3.63) is 34.9 Å². The van der Waals surface area contributed by atoms with E-state index in [2.05, 4.69) is 15.2 Å². The number of hydrogen-bond acceptors (Lipinski definition) is 3. The Morgan fingerprint density at radius 3 is 1.95 bits per heavy atom. The smallest absolute Gasteiger partial charge is 0.246 e. The summed E-state index contributed by atoms with van der Waals surface area (Å²) in [5.74, 6) is 0.124. The van der Waals surface area contributed by atoms with Gasteiger partial charge in [-0.05, 0) is 39.8 Å². The molecule has 0 atom stereocenters. The average Bonchev–Trinajstić information content (AvgIpc) is 2.81. The summed E-state index contributed by atoms with van der Waals surface area (Å²) < 4.78 is 2.95. The second-order valence-electron chi connectivity index (χ2n) is 4.47. The predicted molar refractivity (Wildman–Crippen MR) is 73.5 cm³/mol. The van der Waals surface area contributed by atoms with E-state index in [9.17, 15) is 0 Å². The lowest BCUT2D eigenvalue weighted by molar-refractivity contribution is 0.845. The summed E-state index contributed by atoms with van der Waals surface area (Å²) in [5, 5.41) is 16.3. The Kier molecular flexibility index (Phi) is 3.20. The van der Waals surface area contributed by atoms with Gasteiger partial charge in [-0.1, -0.05) is 0 Å². The Bertz CT molecular complexity index is 660. The van der Waals surface area contributed by atoms with E-state index in [1.54, 1.807) is 0 Å². The third kappa shape index (κ3) is 2.54. The van der Waals surface area contributed by atoms with Crippen molar-refractivity contribution in [2.75, 3.05) is 0 Å². The quantitative estimate of drug-likeness (QED) is 0.544. The van der Waals surface area contributed by atoms with Crippen molar-refractivity contribution in [1.29, 1.82) is 5.41 Å². The van der Waals surface area contributed by atoms with Crippen molar-refractivity contribution in [2.24, 2.45) is 10.7 Å². The zero-order valence-electron chi connectivity index (χ0n) is 11.5. The number of aryl methyl sites for hydroxylation is 4. The molecule has 3 N–H and O–H groups in total. The lowest BCUT2D eigenvalue weighted by Crippen LogP contribution is -2.27. The second-order valence-corrected chi connectivity index (χ2v) is 4.47. The first-order chi connectivity index (χ1) is 8.88. The highest BCUT2D eigenvalue weighted by molar-refractivity contribution is 5.94. The number of rotatable bonds is 0. The van der Waals surface area contributed by atoms with Crippen LogP contribution < -0.4 is 5.73 Å². The molecule has 0 bridgehead atoms. The minimum atomic E-state index is -0.0318. The van der Waals surface area contributed by atoms with Gasteiger partial charge in [0.15, 0.2) is 0 Å². The molecule has 0 unspecified atom stereocenters. The van der Waals surface area contributed by atoms with Crippen molar-refractivity contribution in [1.82, 2.24) is 19.6 Å². The van der Waals surface area contributed by atoms with Gasteiger partial charge < -0.3 is 5.73 Å². The van der Waals surface area contributed by atoms with E-state index < -0.39 is 0 Å².